The molecule has 2 amide bonds. The molecule has 0 aliphatic rings. The topological polar surface area (TPSA) is 79.8 Å². The van der Waals surface area contributed by atoms with Crippen LogP contribution < -0.4 is 15.5 Å². The van der Waals surface area contributed by atoms with Crippen LogP contribution in [0.15, 0.2) is 64.7 Å². The maximum atomic E-state index is 11.9. The van der Waals surface area contributed by atoms with Crippen molar-refractivity contribution in [1.29, 1.82) is 0 Å². The second kappa shape index (κ2) is 10.3. The number of aryl methyl sites for hydroxylation is 1. The summed E-state index contributed by atoms with van der Waals surface area (Å²) >= 11 is 3.37. The first kappa shape index (κ1) is 20.4. The van der Waals surface area contributed by atoms with Gasteiger partial charge >= 0.3 is 11.8 Å². The molecule has 0 bridgehead atoms. The number of hydrogen-bond acceptors (Lipinski definition) is 4. The molecular weight excluding hydrogens is 410 g/mol. The quantitative estimate of drug-likeness (QED) is 0.305. The van der Waals surface area contributed by atoms with Gasteiger partial charge in [-0.2, -0.15) is 5.10 Å². The van der Waals surface area contributed by atoms with Crippen LogP contribution in [0.2, 0.25) is 0 Å². The summed E-state index contributed by atoms with van der Waals surface area (Å²) in [6, 6.07) is 12.7. The largest absolute Gasteiger partial charge is 0.489 e. The van der Waals surface area contributed by atoms with Crippen molar-refractivity contribution in [3.63, 3.8) is 0 Å². The van der Waals surface area contributed by atoms with E-state index in [4.69, 9.17) is 4.74 Å². The number of halogens is 1. The van der Waals surface area contributed by atoms with Crippen LogP contribution in [0.5, 0.6) is 5.75 Å². The van der Waals surface area contributed by atoms with Crippen molar-refractivity contribution in [3.8, 4) is 5.75 Å². The van der Waals surface area contributed by atoms with E-state index in [1.807, 2.05) is 25.1 Å². The average Bonchev–Trinajstić information content (AvgIpc) is 2.67. The molecule has 2 aromatic rings. The van der Waals surface area contributed by atoms with E-state index in [-0.39, 0.29) is 0 Å². The molecule has 0 aliphatic heterocycles. The zero-order valence-electron chi connectivity index (χ0n) is 14.9. The van der Waals surface area contributed by atoms with E-state index in [1.165, 1.54) is 6.21 Å². The van der Waals surface area contributed by atoms with Crippen molar-refractivity contribution in [2.75, 3.05) is 11.9 Å². The molecule has 0 aromatic heterocycles. The van der Waals surface area contributed by atoms with Crippen LogP contribution in [-0.2, 0) is 16.0 Å². The lowest BCUT2D eigenvalue weighted by molar-refractivity contribution is -0.136. The van der Waals surface area contributed by atoms with E-state index in [2.05, 4.69) is 38.4 Å². The summed E-state index contributed by atoms with van der Waals surface area (Å²) in [4.78, 5) is 23.8. The van der Waals surface area contributed by atoms with Gasteiger partial charge in [0.1, 0.15) is 12.4 Å². The molecule has 0 heterocycles. The molecule has 0 radical (unpaired) electrons. The Balaban J connectivity index is 1.96. The Morgan fingerprint density at radius 1 is 1.19 bits per heavy atom. The van der Waals surface area contributed by atoms with Crippen molar-refractivity contribution < 1.29 is 14.3 Å². The van der Waals surface area contributed by atoms with Gasteiger partial charge in [0.25, 0.3) is 0 Å². The Morgan fingerprint density at radius 3 is 2.59 bits per heavy atom. The number of hydrazone groups is 1. The number of ether oxygens (including phenoxy) is 1. The Hall–Kier alpha value is -2.93. The fourth-order valence-corrected chi connectivity index (χ4v) is 2.50. The summed E-state index contributed by atoms with van der Waals surface area (Å²) in [6.45, 7) is 5.98. The number of nitrogens with one attached hydrogen (secondary N) is 2. The first-order valence-electron chi connectivity index (χ1n) is 8.30. The maximum absolute atomic E-state index is 11.9. The van der Waals surface area contributed by atoms with Gasteiger partial charge in [0, 0.05) is 15.7 Å². The van der Waals surface area contributed by atoms with E-state index in [1.54, 1.807) is 30.3 Å². The van der Waals surface area contributed by atoms with Gasteiger partial charge in [-0.05, 0) is 42.3 Å². The molecule has 2 rings (SSSR count). The lowest BCUT2D eigenvalue weighted by Crippen LogP contribution is -2.32. The molecule has 6 nitrogen and oxygen atoms in total. The Morgan fingerprint density at radius 2 is 1.93 bits per heavy atom. The van der Waals surface area contributed by atoms with Gasteiger partial charge in [0.2, 0.25) is 0 Å². The molecule has 27 heavy (non-hydrogen) atoms. The standard InChI is InChI=1S/C20H20BrN3O3/c1-3-11-27-18-10-7-16(21)12-15(18)13-22-24-20(26)19(25)23-17-8-5-14(4-2)6-9-17/h3,5-10,12-13H,1,4,11H2,2H3,(H,23,25)(H,24,26)/b22-13-. The van der Waals surface area contributed by atoms with Gasteiger partial charge < -0.3 is 10.1 Å². The highest BCUT2D eigenvalue weighted by Crippen LogP contribution is 2.21. The summed E-state index contributed by atoms with van der Waals surface area (Å²) < 4.78 is 6.35. The van der Waals surface area contributed by atoms with Crippen LogP contribution in [-0.4, -0.2) is 24.6 Å². The molecule has 0 aliphatic carbocycles. The number of anilines is 1. The van der Waals surface area contributed by atoms with Crippen molar-refractivity contribution in [2.24, 2.45) is 5.10 Å². The molecule has 140 valence electrons. The molecular formula is C20H20BrN3O3. The van der Waals surface area contributed by atoms with E-state index in [0.717, 1.165) is 16.5 Å². The summed E-state index contributed by atoms with van der Waals surface area (Å²) in [5.74, 6) is -1.08. The molecule has 2 aromatic carbocycles. The Labute approximate surface area is 166 Å². The molecule has 0 saturated heterocycles. The van der Waals surface area contributed by atoms with Crippen LogP contribution in [0.25, 0.3) is 0 Å². The molecule has 0 spiro atoms. The van der Waals surface area contributed by atoms with Crippen LogP contribution in [0.4, 0.5) is 5.69 Å². The van der Waals surface area contributed by atoms with Crippen molar-refractivity contribution >= 4 is 39.6 Å². The third kappa shape index (κ3) is 6.38. The minimum Gasteiger partial charge on any atom is -0.489 e. The summed E-state index contributed by atoms with van der Waals surface area (Å²) in [6.07, 6.45) is 3.93. The predicted molar refractivity (Wildman–Crippen MR) is 110 cm³/mol. The summed E-state index contributed by atoms with van der Waals surface area (Å²) in [7, 11) is 0. The highest BCUT2D eigenvalue weighted by atomic mass is 79.9. The van der Waals surface area contributed by atoms with Gasteiger partial charge in [0.05, 0.1) is 6.21 Å². The SMILES string of the molecule is C=CCOc1ccc(Br)cc1/C=N\NC(=O)C(=O)Nc1ccc(CC)cc1. The van der Waals surface area contributed by atoms with Gasteiger partial charge in [-0.25, -0.2) is 5.43 Å². The average molecular weight is 430 g/mol. The smallest absolute Gasteiger partial charge is 0.329 e. The number of nitrogens with zero attached hydrogens (tertiary/aromatic N) is 1. The molecule has 2 N–H and O–H groups in total. The van der Waals surface area contributed by atoms with E-state index < -0.39 is 11.8 Å². The summed E-state index contributed by atoms with van der Waals surface area (Å²) in [5, 5.41) is 6.35. The van der Waals surface area contributed by atoms with Crippen molar-refractivity contribution in [3.05, 3.63) is 70.7 Å². The fourth-order valence-electron chi connectivity index (χ4n) is 2.12. The van der Waals surface area contributed by atoms with Crippen LogP contribution in [0.3, 0.4) is 0 Å². The van der Waals surface area contributed by atoms with Gasteiger partial charge in [0.15, 0.2) is 0 Å². The third-order valence-electron chi connectivity index (χ3n) is 3.52. The van der Waals surface area contributed by atoms with E-state index in [9.17, 15) is 9.59 Å². The normalized spacial score (nSPS) is 10.4. The number of benzene rings is 2. The molecule has 7 heteroatoms. The Bertz CT molecular complexity index is 848. The van der Waals surface area contributed by atoms with E-state index >= 15 is 0 Å². The minimum atomic E-state index is -0.866. The van der Waals surface area contributed by atoms with Crippen molar-refractivity contribution in [2.45, 2.75) is 13.3 Å². The van der Waals surface area contributed by atoms with Gasteiger partial charge in [-0.3, -0.25) is 9.59 Å². The third-order valence-corrected chi connectivity index (χ3v) is 4.02. The van der Waals surface area contributed by atoms with Gasteiger partial charge in [-0.15, -0.1) is 0 Å². The lowest BCUT2D eigenvalue weighted by atomic mass is 10.1. The monoisotopic (exact) mass is 429 g/mol. The zero-order chi connectivity index (χ0) is 19.6. The molecule has 0 atom stereocenters. The number of hydrogen-bond donors (Lipinski definition) is 2. The lowest BCUT2D eigenvalue weighted by Gasteiger charge is -2.07. The molecule has 0 unspecified atom stereocenters. The van der Waals surface area contributed by atoms with E-state index in [0.29, 0.717) is 23.6 Å². The highest BCUT2D eigenvalue weighted by molar-refractivity contribution is 9.10. The van der Waals surface area contributed by atoms with Crippen molar-refractivity contribution in [1.82, 2.24) is 5.43 Å². The number of amides is 2. The number of carbonyl (C=O) groups excluding carboxylic acids is 2. The fraction of sp³-hybridized carbons (Fsp3) is 0.150. The number of carbonyl (C=O) groups is 2. The molecule has 0 fully saturated rings. The minimum absolute atomic E-state index is 0.341. The van der Waals surface area contributed by atoms with Crippen LogP contribution in [0.1, 0.15) is 18.1 Å². The molecule has 0 saturated carbocycles. The highest BCUT2D eigenvalue weighted by Gasteiger charge is 2.13. The van der Waals surface area contributed by atoms with Crippen LogP contribution in [0, 0.1) is 0 Å². The number of rotatable bonds is 7. The second-order valence-corrected chi connectivity index (χ2v) is 6.40. The first-order valence-corrected chi connectivity index (χ1v) is 9.09. The Kier molecular flexibility index (Phi) is 7.76. The second-order valence-electron chi connectivity index (χ2n) is 5.49. The first-order chi connectivity index (χ1) is 13.0. The predicted octanol–water partition coefficient (Wildman–Crippen LogP) is 3.67. The zero-order valence-corrected chi connectivity index (χ0v) is 16.5. The maximum Gasteiger partial charge on any atom is 0.329 e. The summed E-state index contributed by atoms with van der Waals surface area (Å²) in [5.41, 5.74) is 4.53. The van der Waals surface area contributed by atoms with Crippen LogP contribution >= 0.6 is 15.9 Å². The van der Waals surface area contributed by atoms with Gasteiger partial charge in [-0.1, -0.05) is 47.6 Å².